The lowest BCUT2D eigenvalue weighted by Gasteiger charge is -2.37. The lowest BCUT2D eigenvalue weighted by molar-refractivity contribution is -0.140. The second-order valence-electron chi connectivity index (χ2n) is 7.34. The highest BCUT2D eigenvalue weighted by atomic mass is 35.5. The fraction of sp³-hybridized carbons (Fsp3) is 0.409. The van der Waals surface area contributed by atoms with Gasteiger partial charge in [-0.2, -0.15) is 0 Å². The Morgan fingerprint density at radius 3 is 2.62 bits per heavy atom. The van der Waals surface area contributed by atoms with Gasteiger partial charge in [-0.15, -0.1) is 0 Å². The zero-order valence-corrected chi connectivity index (χ0v) is 17.9. The third-order valence-electron chi connectivity index (χ3n) is 5.38. The lowest BCUT2D eigenvalue weighted by atomic mass is 9.92. The van der Waals surface area contributed by atoms with Crippen molar-refractivity contribution in [1.82, 2.24) is 4.90 Å². The van der Waals surface area contributed by atoms with E-state index < -0.39 is 6.10 Å². The molecule has 0 saturated heterocycles. The number of nitrogens with zero attached hydrogens (tertiary/aromatic N) is 1. The summed E-state index contributed by atoms with van der Waals surface area (Å²) in [5, 5.41) is 0.905. The van der Waals surface area contributed by atoms with E-state index in [1.165, 1.54) is 5.56 Å². The topological polar surface area (TPSA) is 48.0 Å². The van der Waals surface area contributed by atoms with Gasteiger partial charge in [0.25, 0.3) is 5.91 Å². The fourth-order valence-corrected chi connectivity index (χ4v) is 4.27. The van der Waals surface area contributed by atoms with Gasteiger partial charge in [-0.3, -0.25) is 4.79 Å². The van der Waals surface area contributed by atoms with Crippen molar-refractivity contribution in [3.63, 3.8) is 0 Å². The molecule has 0 radical (unpaired) electrons. The summed E-state index contributed by atoms with van der Waals surface area (Å²) in [5.41, 5.74) is 2.28. The smallest absolute Gasteiger partial charge is 0.263 e. The zero-order valence-electron chi connectivity index (χ0n) is 16.4. The largest absolute Gasteiger partial charge is 0.490 e. The van der Waals surface area contributed by atoms with Crippen LogP contribution in [0.2, 0.25) is 10.0 Å². The van der Waals surface area contributed by atoms with Crippen LogP contribution in [0.5, 0.6) is 17.2 Å². The van der Waals surface area contributed by atoms with Gasteiger partial charge in [0.15, 0.2) is 17.6 Å². The molecular weight excluding hydrogens is 413 g/mol. The highest BCUT2D eigenvalue weighted by Gasteiger charge is 2.32. The number of rotatable bonds is 3. The van der Waals surface area contributed by atoms with Crippen LogP contribution in [-0.2, 0) is 11.2 Å². The van der Waals surface area contributed by atoms with Gasteiger partial charge in [-0.25, -0.2) is 0 Å². The number of hydrogen-bond donors (Lipinski definition) is 0. The van der Waals surface area contributed by atoms with Gasteiger partial charge < -0.3 is 19.1 Å². The molecule has 2 aliphatic heterocycles. The summed E-state index contributed by atoms with van der Waals surface area (Å²) in [5.74, 6) is 1.90. The van der Waals surface area contributed by atoms with Crippen LogP contribution in [0.3, 0.4) is 0 Å². The van der Waals surface area contributed by atoms with E-state index >= 15 is 0 Å². The van der Waals surface area contributed by atoms with Gasteiger partial charge in [0.1, 0.15) is 5.75 Å². The van der Waals surface area contributed by atoms with E-state index in [0.717, 1.165) is 29.9 Å². The molecule has 4 rings (SSSR count). The monoisotopic (exact) mass is 435 g/mol. The van der Waals surface area contributed by atoms with E-state index in [1.54, 1.807) is 25.1 Å². The molecule has 29 heavy (non-hydrogen) atoms. The third-order valence-corrected chi connectivity index (χ3v) is 5.91. The van der Waals surface area contributed by atoms with Crippen LogP contribution in [0, 0.1) is 0 Å². The first-order valence-electron chi connectivity index (χ1n) is 9.78. The molecule has 1 amide bonds. The fourth-order valence-electron chi connectivity index (χ4n) is 3.82. The minimum absolute atomic E-state index is 0.0822. The molecule has 2 aromatic carbocycles. The maximum atomic E-state index is 13.1. The van der Waals surface area contributed by atoms with E-state index in [2.05, 4.69) is 6.07 Å². The number of benzene rings is 2. The number of carbonyl (C=O) groups excluding carboxylic acids is 1. The molecule has 2 atom stereocenters. The summed E-state index contributed by atoms with van der Waals surface area (Å²) in [4.78, 5) is 15.0. The van der Waals surface area contributed by atoms with Crippen molar-refractivity contribution in [2.24, 2.45) is 0 Å². The summed E-state index contributed by atoms with van der Waals surface area (Å²) < 4.78 is 17.5. The standard InChI is InChI=1S/C22H23Cl2NO4/c1-13-17-12-21-20(27-8-3-9-28-21)10-15(17)6-7-25(13)22(26)14(2)29-19-5-4-16(23)11-18(19)24/h4-5,10-14H,3,6-9H2,1-2H3/t13-,14+/m1/s1. The van der Waals surface area contributed by atoms with Gasteiger partial charge in [-0.05, 0) is 61.7 Å². The van der Waals surface area contributed by atoms with E-state index in [1.807, 2.05) is 17.9 Å². The average Bonchev–Trinajstić information content (AvgIpc) is 2.93. The summed E-state index contributed by atoms with van der Waals surface area (Å²) in [6.07, 6.45) is 0.955. The van der Waals surface area contributed by atoms with E-state index in [9.17, 15) is 4.79 Å². The van der Waals surface area contributed by atoms with Crippen LogP contribution in [0.25, 0.3) is 0 Å². The highest BCUT2D eigenvalue weighted by molar-refractivity contribution is 6.35. The van der Waals surface area contributed by atoms with Crippen molar-refractivity contribution in [2.45, 2.75) is 38.8 Å². The van der Waals surface area contributed by atoms with Crippen LogP contribution in [0.1, 0.15) is 37.4 Å². The van der Waals surface area contributed by atoms with Crippen LogP contribution in [0.4, 0.5) is 0 Å². The van der Waals surface area contributed by atoms with E-state index in [-0.39, 0.29) is 11.9 Å². The first-order chi connectivity index (χ1) is 13.9. The van der Waals surface area contributed by atoms with Gasteiger partial charge in [-0.1, -0.05) is 23.2 Å². The zero-order chi connectivity index (χ0) is 20.5. The van der Waals surface area contributed by atoms with E-state index in [0.29, 0.717) is 35.6 Å². The molecule has 0 unspecified atom stereocenters. The Labute approximate surface area is 180 Å². The van der Waals surface area contributed by atoms with Crippen molar-refractivity contribution in [1.29, 1.82) is 0 Å². The Kier molecular flexibility index (Phi) is 5.79. The molecule has 2 aromatic rings. The Bertz CT molecular complexity index is 933. The number of amides is 1. The molecule has 0 fully saturated rings. The molecular formula is C22H23Cl2NO4. The predicted molar refractivity (Wildman–Crippen MR) is 112 cm³/mol. The van der Waals surface area contributed by atoms with Crippen molar-refractivity contribution in [3.8, 4) is 17.2 Å². The van der Waals surface area contributed by atoms with Gasteiger partial charge >= 0.3 is 0 Å². The van der Waals surface area contributed by atoms with Crippen molar-refractivity contribution in [2.75, 3.05) is 19.8 Å². The molecule has 7 heteroatoms. The van der Waals surface area contributed by atoms with Gasteiger partial charge in [0, 0.05) is 18.0 Å². The molecule has 0 spiro atoms. The first kappa shape index (κ1) is 20.2. The summed E-state index contributed by atoms with van der Waals surface area (Å²) in [7, 11) is 0. The second kappa shape index (κ2) is 8.33. The minimum atomic E-state index is -0.668. The first-order valence-corrected chi connectivity index (χ1v) is 10.5. The molecule has 2 aliphatic rings. The van der Waals surface area contributed by atoms with Crippen LogP contribution >= 0.6 is 23.2 Å². The average molecular weight is 436 g/mol. The maximum Gasteiger partial charge on any atom is 0.263 e. The molecule has 2 heterocycles. The van der Waals surface area contributed by atoms with Crippen molar-refractivity contribution < 1.29 is 19.0 Å². The molecule has 0 aliphatic carbocycles. The SMILES string of the molecule is C[C@H](Oc1ccc(Cl)cc1Cl)C(=O)N1CCc2cc3c(cc2[C@H]1C)OCCCO3. The van der Waals surface area contributed by atoms with E-state index in [4.69, 9.17) is 37.4 Å². The van der Waals surface area contributed by atoms with Gasteiger partial charge in [0.2, 0.25) is 0 Å². The highest BCUT2D eigenvalue weighted by Crippen LogP contribution is 2.39. The van der Waals surface area contributed by atoms with Crippen LogP contribution < -0.4 is 14.2 Å². The molecule has 0 bridgehead atoms. The van der Waals surface area contributed by atoms with Crippen molar-refractivity contribution in [3.05, 3.63) is 51.5 Å². The quantitative estimate of drug-likeness (QED) is 0.675. The number of ether oxygens (including phenoxy) is 3. The summed E-state index contributed by atoms with van der Waals surface area (Å²) in [6, 6.07) is 8.95. The molecule has 0 saturated carbocycles. The Balaban J connectivity index is 1.52. The molecule has 5 nitrogen and oxygen atoms in total. The van der Waals surface area contributed by atoms with Crippen molar-refractivity contribution >= 4 is 29.1 Å². The van der Waals surface area contributed by atoms with Gasteiger partial charge in [0.05, 0.1) is 24.3 Å². The lowest BCUT2D eigenvalue weighted by Crippen LogP contribution is -2.45. The molecule has 154 valence electrons. The molecule has 0 N–H and O–H groups in total. The molecule has 0 aromatic heterocycles. The van der Waals surface area contributed by atoms with Crippen LogP contribution in [0.15, 0.2) is 30.3 Å². The number of carbonyl (C=O) groups is 1. The predicted octanol–water partition coefficient (Wildman–Crippen LogP) is 5.07. The number of fused-ring (bicyclic) bond motifs is 2. The summed E-state index contributed by atoms with van der Waals surface area (Å²) >= 11 is 12.1. The maximum absolute atomic E-state index is 13.1. The second-order valence-corrected chi connectivity index (χ2v) is 8.18. The Hall–Kier alpha value is -2.11. The van der Waals surface area contributed by atoms with Crippen LogP contribution in [-0.4, -0.2) is 36.7 Å². The minimum Gasteiger partial charge on any atom is -0.490 e. The third kappa shape index (κ3) is 4.12. The summed E-state index contributed by atoms with van der Waals surface area (Å²) in [6.45, 7) is 5.68. The number of halogens is 2. The normalized spacial score (nSPS) is 19.2. The Morgan fingerprint density at radius 1 is 1.17 bits per heavy atom. The number of hydrogen-bond acceptors (Lipinski definition) is 4. The Morgan fingerprint density at radius 2 is 1.90 bits per heavy atom.